The van der Waals surface area contributed by atoms with Gasteiger partial charge in [-0.15, -0.1) is 0 Å². The van der Waals surface area contributed by atoms with E-state index in [0.717, 1.165) is 61.2 Å². The highest BCUT2D eigenvalue weighted by molar-refractivity contribution is 5.31. The maximum atomic E-state index is 5.91. The standard InChI is InChI=1S/C26H46O2/c1-21(2)9-7-11-23(5)17-19-27-25-13-15-26(16-14-25)28-20-18-24(6)12-8-10-22(3)4/h13-16,21-24H,7-12,17-20H2,1-6H3/t23-,24-/m1/s1. The first-order chi connectivity index (χ1) is 13.4. The quantitative estimate of drug-likeness (QED) is 0.283. The van der Waals surface area contributed by atoms with Crippen LogP contribution in [0.15, 0.2) is 24.3 Å². The first-order valence-electron chi connectivity index (χ1n) is 11.7. The molecule has 0 aliphatic rings. The highest BCUT2D eigenvalue weighted by Crippen LogP contribution is 2.21. The van der Waals surface area contributed by atoms with Gasteiger partial charge in [0.25, 0.3) is 0 Å². The highest BCUT2D eigenvalue weighted by atomic mass is 16.5. The van der Waals surface area contributed by atoms with Crippen molar-refractivity contribution in [1.82, 2.24) is 0 Å². The average Bonchev–Trinajstić information content (AvgIpc) is 2.62. The minimum absolute atomic E-state index is 0.740. The third-order valence-corrected chi connectivity index (χ3v) is 5.54. The van der Waals surface area contributed by atoms with Crippen LogP contribution in [-0.2, 0) is 0 Å². The molecule has 0 radical (unpaired) electrons. The molecule has 0 aliphatic carbocycles. The molecule has 0 aromatic heterocycles. The second-order valence-corrected chi connectivity index (χ2v) is 9.61. The molecule has 0 bridgehead atoms. The fourth-order valence-electron chi connectivity index (χ4n) is 3.43. The van der Waals surface area contributed by atoms with Crippen LogP contribution in [0.1, 0.15) is 92.9 Å². The van der Waals surface area contributed by atoms with Crippen molar-refractivity contribution in [3.05, 3.63) is 24.3 Å². The fourth-order valence-corrected chi connectivity index (χ4v) is 3.43. The molecule has 28 heavy (non-hydrogen) atoms. The van der Waals surface area contributed by atoms with Gasteiger partial charge in [-0.3, -0.25) is 0 Å². The highest BCUT2D eigenvalue weighted by Gasteiger charge is 2.06. The lowest BCUT2D eigenvalue weighted by atomic mass is 9.98. The van der Waals surface area contributed by atoms with Crippen molar-refractivity contribution in [2.24, 2.45) is 23.7 Å². The summed E-state index contributed by atoms with van der Waals surface area (Å²) in [6, 6.07) is 8.13. The predicted octanol–water partition coefficient (Wildman–Crippen LogP) is 8.15. The summed E-state index contributed by atoms with van der Waals surface area (Å²) in [6.45, 7) is 15.5. The van der Waals surface area contributed by atoms with Crippen molar-refractivity contribution in [3.8, 4) is 11.5 Å². The van der Waals surface area contributed by atoms with Crippen LogP contribution in [0.3, 0.4) is 0 Å². The monoisotopic (exact) mass is 390 g/mol. The van der Waals surface area contributed by atoms with Crippen LogP contribution >= 0.6 is 0 Å². The van der Waals surface area contributed by atoms with Gasteiger partial charge in [0.15, 0.2) is 0 Å². The molecule has 0 saturated heterocycles. The molecule has 0 fully saturated rings. The molecular weight excluding hydrogens is 344 g/mol. The van der Waals surface area contributed by atoms with E-state index in [0.29, 0.717) is 0 Å². The van der Waals surface area contributed by atoms with Crippen LogP contribution in [0.2, 0.25) is 0 Å². The van der Waals surface area contributed by atoms with E-state index in [1.54, 1.807) is 0 Å². The molecule has 0 aliphatic heterocycles. The number of rotatable bonds is 16. The summed E-state index contributed by atoms with van der Waals surface area (Å²) in [4.78, 5) is 0. The van der Waals surface area contributed by atoms with Crippen molar-refractivity contribution in [2.45, 2.75) is 92.9 Å². The first-order valence-corrected chi connectivity index (χ1v) is 11.7. The van der Waals surface area contributed by atoms with Crippen LogP contribution in [0.25, 0.3) is 0 Å². The Bertz CT molecular complexity index is 433. The Morgan fingerprint density at radius 2 is 0.893 bits per heavy atom. The Morgan fingerprint density at radius 1 is 0.536 bits per heavy atom. The second-order valence-electron chi connectivity index (χ2n) is 9.61. The summed E-state index contributed by atoms with van der Waals surface area (Å²) in [5.74, 6) is 5.01. The average molecular weight is 391 g/mol. The lowest BCUT2D eigenvalue weighted by Crippen LogP contribution is -2.06. The van der Waals surface area contributed by atoms with Gasteiger partial charge in [-0.1, -0.05) is 80.1 Å². The van der Waals surface area contributed by atoms with Crippen molar-refractivity contribution < 1.29 is 9.47 Å². The smallest absolute Gasteiger partial charge is 0.119 e. The Morgan fingerprint density at radius 3 is 1.21 bits per heavy atom. The van der Waals surface area contributed by atoms with E-state index < -0.39 is 0 Å². The van der Waals surface area contributed by atoms with E-state index in [1.807, 2.05) is 24.3 Å². The Labute approximate surface area is 175 Å². The van der Waals surface area contributed by atoms with Crippen LogP contribution in [0.5, 0.6) is 11.5 Å². The van der Waals surface area contributed by atoms with E-state index in [1.165, 1.54) is 38.5 Å². The molecule has 0 unspecified atom stereocenters. The summed E-state index contributed by atoms with van der Waals surface area (Å²) in [6.07, 6.45) is 10.2. The summed E-state index contributed by atoms with van der Waals surface area (Å²) in [5, 5.41) is 0. The van der Waals surface area contributed by atoms with Gasteiger partial charge >= 0.3 is 0 Å². The summed E-state index contributed by atoms with van der Waals surface area (Å²) in [7, 11) is 0. The molecule has 2 atom stereocenters. The number of ether oxygens (including phenoxy) is 2. The zero-order valence-corrected chi connectivity index (χ0v) is 19.5. The van der Waals surface area contributed by atoms with Gasteiger partial charge < -0.3 is 9.47 Å². The molecule has 1 aromatic rings. The Balaban J connectivity index is 2.14. The van der Waals surface area contributed by atoms with Crippen LogP contribution in [-0.4, -0.2) is 13.2 Å². The molecule has 0 N–H and O–H groups in total. The predicted molar refractivity (Wildman–Crippen MR) is 122 cm³/mol. The number of benzene rings is 1. The SMILES string of the molecule is CC(C)CCC[C@@H](C)CCOc1ccc(OCC[C@H](C)CCCC(C)C)cc1. The van der Waals surface area contributed by atoms with Gasteiger partial charge in [0.1, 0.15) is 11.5 Å². The lowest BCUT2D eigenvalue weighted by molar-refractivity contribution is 0.269. The first kappa shape index (κ1) is 24.9. The van der Waals surface area contributed by atoms with Gasteiger partial charge in [0.2, 0.25) is 0 Å². The lowest BCUT2D eigenvalue weighted by Gasteiger charge is -2.14. The minimum atomic E-state index is 0.740. The van der Waals surface area contributed by atoms with Crippen LogP contribution in [0, 0.1) is 23.7 Å². The molecule has 1 rings (SSSR count). The van der Waals surface area contributed by atoms with Crippen molar-refractivity contribution in [1.29, 1.82) is 0 Å². The fraction of sp³-hybridized carbons (Fsp3) is 0.769. The largest absolute Gasteiger partial charge is 0.494 e. The molecule has 1 aromatic carbocycles. The molecule has 0 heterocycles. The van der Waals surface area contributed by atoms with E-state index in [-0.39, 0.29) is 0 Å². The van der Waals surface area contributed by atoms with Crippen LogP contribution < -0.4 is 9.47 Å². The van der Waals surface area contributed by atoms with Gasteiger partial charge in [-0.05, 0) is 60.8 Å². The third kappa shape index (κ3) is 13.1. The maximum absolute atomic E-state index is 5.91. The normalized spacial score (nSPS) is 13.7. The summed E-state index contributed by atoms with van der Waals surface area (Å²) in [5.41, 5.74) is 0. The third-order valence-electron chi connectivity index (χ3n) is 5.54. The second kappa shape index (κ2) is 14.8. The van der Waals surface area contributed by atoms with E-state index in [4.69, 9.17) is 9.47 Å². The van der Waals surface area contributed by atoms with Crippen molar-refractivity contribution >= 4 is 0 Å². The molecule has 0 saturated carbocycles. The zero-order chi connectivity index (χ0) is 20.8. The van der Waals surface area contributed by atoms with Gasteiger partial charge in [-0.25, -0.2) is 0 Å². The molecule has 2 nitrogen and oxygen atoms in total. The maximum Gasteiger partial charge on any atom is 0.119 e. The molecule has 2 heteroatoms. The molecule has 162 valence electrons. The van der Waals surface area contributed by atoms with Crippen molar-refractivity contribution in [3.63, 3.8) is 0 Å². The van der Waals surface area contributed by atoms with E-state index in [9.17, 15) is 0 Å². The number of hydrogen-bond donors (Lipinski definition) is 0. The zero-order valence-electron chi connectivity index (χ0n) is 19.5. The Kier molecular flexibility index (Phi) is 13.1. The van der Waals surface area contributed by atoms with Gasteiger partial charge in [0.05, 0.1) is 13.2 Å². The molecular formula is C26H46O2. The summed E-state index contributed by atoms with van der Waals surface area (Å²) >= 11 is 0. The Hall–Kier alpha value is -1.18. The molecule has 0 amide bonds. The van der Waals surface area contributed by atoms with Crippen molar-refractivity contribution in [2.75, 3.05) is 13.2 Å². The van der Waals surface area contributed by atoms with Gasteiger partial charge in [-0.2, -0.15) is 0 Å². The minimum Gasteiger partial charge on any atom is -0.494 e. The number of hydrogen-bond acceptors (Lipinski definition) is 2. The van der Waals surface area contributed by atoms with E-state index in [2.05, 4.69) is 41.5 Å². The van der Waals surface area contributed by atoms with E-state index >= 15 is 0 Å². The summed E-state index contributed by atoms with van der Waals surface area (Å²) < 4.78 is 11.8. The molecule has 0 spiro atoms. The van der Waals surface area contributed by atoms with Crippen LogP contribution in [0.4, 0.5) is 0 Å². The van der Waals surface area contributed by atoms with Gasteiger partial charge in [0, 0.05) is 0 Å². The topological polar surface area (TPSA) is 18.5 Å².